The Hall–Kier alpha value is -3.54. The molecule has 0 aromatic heterocycles. The summed E-state index contributed by atoms with van der Waals surface area (Å²) < 4.78 is 22.0. The second kappa shape index (κ2) is 8.45. The molecule has 0 atom stereocenters. The van der Waals surface area contributed by atoms with E-state index in [-0.39, 0.29) is 11.5 Å². The first-order valence-electron chi connectivity index (χ1n) is 9.36. The average Bonchev–Trinajstić information content (AvgIpc) is 2.73. The molecule has 0 heterocycles. The van der Waals surface area contributed by atoms with E-state index in [0.717, 1.165) is 11.1 Å². The van der Waals surface area contributed by atoms with Crippen LogP contribution in [0.3, 0.4) is 0 Å². The zero-order valence-corrected chi connectivity index (χ0v) is 18.0. The quantitative estimate of drug-likeness (QED) is 0.590. The Morgan fingerprint density at radius 1 is 0.467 bits per heavy atom. The summed E-state index contributed by atoms with van der Waals surface area (Å²) >= 11 is 0. The number of hydrogen-bond acceptors (Lipinski definition) is 6. The number of benzene rings is 3. The molecule has 0 saturated carbocycles. The topological polar surface area (TPSA) is 77.4 Å². The number of phenols is 2. The van der Waals surface area contributed by atoms with Gasteiger partial charge in [0.05, 0.1) is 28.4 Å². The first kappa shape index (κ1) is 21.2. The zero-order chi connectivity index (χ0) is 22.0. The normalized spacial score (nSPS) is 10.6. The predicted octanol–water partition coefficient (Wildman–Crippen LogP) is 5.08. The van der Waals surface area contributed by atoms with Crippen LogP contribution in [-0.4, -0.2) is 38.7 Å². The molecule has 30 heavy (non-hydrogen) atoms. The highest BCUT2D eigenvalue weighted by molar-refractivity contribution is 5.87. The van der Waals surface area contributed by atoms with Gasteiger partial charge in [0.1, 0.15) is 34.5 Å². The number of rotatable bonds is 6. The molecule has 3 aromatic rings. The van der Waals surface area contributed by atoms with Crippen molar-refractivity contribution in [1.29, 1.82) is 0 Å². The molecule has 0 saturated heterocycles. The van der Waals surface area contributed by atoms with E-state index in [9.17, 15) is 10.2 Å². The lowest BCUT2D eigenvalue weighted by atomic mass is 9.94. The van der Waals surface area contributed by atoms with Crippen molar-refractivity contribution in [3.8, 4) is 56.8 Å². The highest BCUT2D eigenvalue weighted by atomic mass is 16.5. The Balaban J connectivity index is 2.33. The molecular weight excluding hydrogens is 384 g/mol. The number of ether oxygens (including phenoxy) is 4. The minimum absolute atomic E-state index is 0.0911. The first-order chi connectivity index (χ1) is 14.3. The average molecular weight is 410 g/mol. The van der Waals surface area contributed by atoms with E-state index < -0.39 is 0 Å². The number of phenolic OH excluding ortho intramolecular Hbond substituents is 2. The van der Waals surface area contributed by atoms with Crippen molar-refractivity contribution in [1.82, 2.24) is 0 Å². The van der Waals surface area contributed by atoms with Crippen LogP contribution in [0.1, 0.15) is 11.1 Å². The summed E-state index contributed by atoms with van der Waals surface area (Å²) in [5.41, 5.74) is 3.96. The van der Waals surface area contributed by atoms with Crippen molar-refractivity contribution in [2.45, 2.75) is 13.8 Å². The lowest BCUT2D eigenvalue weighted by Crippen LogP contribution is -1.96. The summed E-state index contributed by atoms with van der Waals surface area (Å²) in [5.74, 6) is 2.48. The Morgan fingerprint density at radius 3 is 1.17 bits per heavy atom. The van der Waals surface area contributed by atoms with Gasteiger partial charge in [-0.3, -0.25) is 0 Å². The summed E-state index contributed by atoms with van der Waals surface area (Å²) in [7, 11) is 6.26. The fourth-order valence-corrected chi connectivity index (χ4v) is 3.54. The van der Waals surface area contributed by atoms with Crippen LogP contribution in [0.15, 0.2) is 36.4 Å². The molecule has 3 aromatic carbocycles. The summed E-state index contributed by atoms with van der Waals surface area (Å²) in [6.45, 7) is 3.71. The van der Waals surface area contributed by atoms with Gasteiger partial charge in [-0.1, -0.05) is 0 Å². The fourth-order valence-electron chi connectivity index (χ4n) is 3.54. The Bertz CT molecular complexity index is 1010. The molecule has 0 aliphatic heterocycles. The van der Waals surface area contributed by atoms with Crippen LogP contribution in [0.2, 0.25) is 0 Å². The van der Waals surface area contributed by atoms with Gasteiger partial charge in [-0.05, 0) is 55.3 Å². The maximum atomic E-state index is 10.6. The second-order valence-electron chi connectivity index (χ2n) is 6.93. The highest BCUT2D eigenvalue weighted by Crippen LogP contribution is 2.47. The largest absolute Gasteiger partial charge is 0.507 e. The smallest absolute Gasteiger partial charge is 0.130 e. The van der Waals surface area contributed by atoms with Gasteiger partial charge >= 0.3 is 0 Å². The van der Waals surface area contributed by atoms with E-state index in [4.69, 9.17) is 18.9 Å². The lowest BCUT2D eigenvalue weighted by Gasteiger charge is -2.18. The van der Waals surface area contributed by atoms with E-state index in [2.05, 4.69) is 0 Å². The monoisotopic (exact) mass is 410 g/mol. The molecule has 6 heteroatoms. The van der Waals surface area contributed by atoms with Crippen molar-refractivity contribution < 1.29 is 29.2 Å². The maximum Gasteiger partial charge on any atom is 0.130 e. The molecule has 2 N–H and O–H groups in total. The van der Waals surface area contributed by atoms with Crippen molar-refractivity contribution in [3.05, 3.63) is 47.5 Å². The standard InChI is InChI=1S/C24H26O6/c1-13-7-19(25)15(10-21(13)27-3)17-9-18(24(30-6)12-23(17)29-5)16-11-22(28-4)14(2)8-20(16)26/h7-12,25-26H,1-6H3. The van der Waals surface area contributed by atoms with Crippen molar-refractivity contribution in [2.75, 3.05) is 28.4 Å². The molecule has 0 spiro atoms. The van der Waals surface area contributed by atoms with Crippen LogP contribution >= 0.6 is 0 Å². The molecule has 158 valence electrons. The van der Waals surface area contributed by atoms with E-state index in [1.807, 2.05) is 19.9 Å². The molecule has 0 bridgehead atoms. The molecule has 0 aliphatic carbocycles. The van der Waals surface area contributed by atoms with Crippen LogP contribution in [0.4, 0.5) is 0 Å². The molecule has 3 rings (SSSR count). The van der Waals surface area contributed by atoms with Gasteiger partial charge in [0.15, 0.2) is 0 Å². The number of hydrogen-bond donors (Lipinski definition) is 2. The van der Waals surface area contributed by atoms with Gasteiger partial charge in [0, 0.05) is 28.3 Å². The fraction of sp³-hybridized carbons (Fsp3) is 0.250. The maximum absolute atomic E-state index is 10.6. The van der Waals surface area contributed by atoms with Crippen LogP contribution in [0, 0.1) is 13.8 Å². The summed E-state index contributed by atoms with van der Waals surface area (Å²) in [4.78, 5) is 0. The van der Waals surface area contributed by atoms with Gasteiger partial charge in [-0.2, -0.15) is 0 Å². The lowest BCUT2D eigenvalue weighted by molar-refractivity contribution is 0.395. The minimum Gasteiger partial charge on any atom is -0.507 e. The van der Waals surface area contributed by atoms with Crippen molar-refractivity contribution in [3.63, 3.8) is 0 Å². The molecule has 0 aliphatic rings. The van der Waals surface area contributed by atoms with Crippen LogP contribution in [-0.2, 0) is 0 Å². The van der Waals surface area contributed by atoms with Crippen molar-refractivity contribution >= 4 is 0 Å². The molecule has 0 radical (unpaired) electrons. The van der Waals surface area contributed by atoms with Crippen LogP contribution < -0.4 is 18.9 Å². The van der Waals surface area contributed by atoms with Gasteiger partial charge in [-0.25, -0.2) is 0 Å². The number of aryl methyl sites for hydroxylation is 2. The first-order valence-corrected chi connectivity index (χ1v) is 9.36. The Morgan fingerprint density at radius 2 is 0.833 bits per heavy atom. The van der Waals surface area contributed by atoms with Crippen LogP contribution in [0.25, 0.3) is 22.3 Å². The zero-order valence-electron chi connectivity index (χ0n) is 18.0. The Labute approximate surface area is 176 Å². The number of methoxy groups -OCH3 is 4. The van der Waals surface area contributed by atoms with Crippen LogP contribution in [0.5, 0.6) is 34.5 Å². The predicted molar refractivity (Wildman–Crippen MR) is 116 cm³/mol. The molecule has 0 amide bonds. The third-order valence-corrected chi connectivity index (χ3v) is 5.13. The van der Waals surface area contributed by atoms with E-state index >= 15 is 0 Å². The summed E-state index contributed by atoms with van der Waals surface area (Å²) in [5, 5.41) is 21.3. The van der Waals surface area contributed by atoms with E-state index in [1.54, 1.807) is 58.8 Å². The Kier molecular flexibility index (Phi) is 5.96. The molecule has 0 fully saturated rings. The van der Waals surface area contributed by atoms with Gasteiger partial charge in [0.25, 0.3) is 0 Å². The third kappa shape index (κ3) is 3.68. The molecule has 6 nitrogen and oxygen atoms in total. The highest BCUT2D eigenvalue weighted by Gasteiger charge is 2.20. The molecular formula is C24H26O6. The second-order valence-corrected chi connectivity index (χ2v) is 6.93. The SMILES string of the molecule is COc1cc(-c2cc(-c3cc(OC)c(C)cc3O)c(OC)cc2OC)c(O)cc1C. The van der Waals surface area contributed by atoms with Gasteiger partial charge in [0.2, 0.25) is 0 Å². The molecule has 0 unspecified atom stereocenters. The summed E-state index contributed by atoms with van der Waals surface area (Å²) in [6.07, 6.45) is 0. The minimum atomic E-state index is 0.0911. The number of aromatic hydroxyl groups is 2. The van der Waals surface area contributed by atoms with Crippen molar-refractivity contribution in [2.24, 2.45) is 0 Å². The van der Waals surface area contributed by atoms with Gasteiger partial charge < -0.3 is 29.2 Å². The summed E-state index contributed by atoms with van der Waals surface area (Å²) in [6, 6.07) is 10.3. The van der Waals surface area contributed by atoms with Gasteiger partial charge in [-0.15, -0.1) is 0 Å². The van der Waals surface area contributed by atoms with E-state index in [0.29, 0.717) is 45.3 Å². The van der Waals surface area contributed by atoms with E-state index in [1.165, 1.54) is 0 Å². The third-order valence-electron chi connectivity index (χ3n) is 5.13.